The lowest BCUT2D eigenvalue weighted by Gasteiger charge is -2.19. The van der Waals surface area contributed by atoms with Crippen LogP contribution in [0.25, 0.3) is 0 Å². The molecule has 0 aromatic rings. The van der Waals surface area contributed by atoms with E-state index in [4.69, 9.17) is 0 Å². The van der Waals surface area contributed by atoms with Gasteiger partial charge in [-0.25, -0.2) is 0 Å². The fourth-order valence-electron chi connectivity index (χ4n) is 1.74. The van der Waals surface area contributed by atoms with E-state index in [0.29, 0.717) is 0 Å². The van der Waals surface area contributed by atoms with Crippen LogP contribution < -0.4 is 5.32 Å². The molecular formula is C13H30N2. The summed E-state index contributed by atoms with van der Waals surface area (Å²) < 4.78 is 0. The molecule has 0 amide bonds. The summed E-state index contributed by atoms with van der Waals surface area (Å²) in [4.78, 5) is 2.51. The van der Waals surface area contributed by atoms with Crippen LogP contribution in [0.15, 0.2) is 0 Å². The highest BCUT2D eigenvalue weighted by Crippen LogP contribution is 2.01. The Labute approximate surface area is 96.4 Å². The average Bonchev–Trinajstić information content (AvgIpc) is 2.21. The fourth-order valence-corrected chi connectivity index (χ4v) is 1.74. The van der Waals surface area contributed by atoms with Crippen LogP contribution in [0.1, 0.15) is 47.0 Å². The second-order valence-electron chi connectivity index (χ2n) is 4.72. The van der Waals surface area contributed by atoms with Crippen LogP contribution >= 0.6 is 0 Å². The zero-order valence-corrected chi connectivity index (χ0v) is 11.2. The van der Waals surface area contributed by atoms with Crippen molar-refractivity contribution in [1.82, 2.24) is 10.2 Å². The first kappa shape index (κ1) is 14.9. The molecule has 0 aliphatic heterocycles. The normalized spacial score (nSPS) is 11.6. The molecule has 0 saturated heterocycles. The van der Waals surface area contributed by atoms with Gasteiger partial charge in [0.15, 0.2) is 0 Å². The molecule has 0 fully saturated rings. The third kappa shape index (κ3) is 10.2. The molecule has 1 N–H and O–H groups in total. The van der Waals surface area contributed by atoms with Crippen LogP contribution in [0.3, 0.4) is 0 Å². The molecule has 2 heteroatoms. The first-order valence-electron chi connectivity index (χ1n) is 6.63. The molecule has 0 bridgehead atoms. The first-order chi connectivity index (χ1) is 7.20. The summed E-state index contributed by atoms with van der Waals surface area (Å²) in [7, 11) is 0. The molecule has 92 valence electrons. The largest absolute Gasteiger partial charge is 0.315 e. The van der Waals surface area contributed by atoms with Gasteiger partial charge in [0.25, 0.3) is 0 Å². The monoisotopic (exact) mass is 214 g/mol. The molecule has 2 nitrogen and oxygen atoms in total. The highest BCUT2D eigenvalue weighted by atomic mass is 15.1. The van der Waals surface area contributed by atoms with E-state index in [1.807, 2.05) is 0 Å². The summed E-state index contributed by atoms with van der Waals surface area (Å²) >= 11 is 0. The Morgan fingerprint density at radius 2 is 1.80 bits per heavy atom. The number of rotatable bonds is 10. The molecule has 0 heterocycles. The molecule has 0 aromatic heterocycles. The average molecular weight is 214 g/mol. The maximum Gasteiger partial charge on any atom is 0.0107 e. The number of hydrogen-bond donors (Lipinski definition) is 1. The quantitative estimate of drug-likeness (QED) is 0.563. The minimum absolute atomic E-state index is 0.846. The Morgan fingerprint density at radius 1 is 1.07 bits per heavy atom. The Hall–Kier alpha value is -0.0800. The van der Waals surface area contributed by atoms with E-state index in [1.165, 1.54) is 45.4 Å². The lowest BCUT2D eigenvalue weighted by atomic mass is 10.1. The minimum Gasteiger partial charge on any atom is -0.315 e. The van der Waals surface area contributed by atoms with Crippen molar-refractivity contribution in [2.24, 2.45) is 5.92 Å². The zero-order valence-electron chi connectivity index (χ0n) is 11.2. The number of nitrogens with zero attached hydrogens (tertiary/aromatic N) is 1. The van der Waals surface area contributed by atoms with Gasteiger partial charge in [-0.15, -0.1) is 0 Å². The van der Waals surface area contributed by atoms with Crippen molar-refractivity contribution >= 4 is 0 Å². The minimum atomic E-state index is 0.846. The summed E-state index contributed by atoms with van der Waals surface area (Å²) in [6, 6.07) is 0. The van der Waals surface area contributed by atoms with Gasteiger partial charge in [0.1, 0.15) is 0 Å². The highest BCUT2D eigenvalue weighted by Gasteiger charge is 1.99. The standard InChI is InChI=1S/C13H30N2/c1-5-11-15(6-2)12-10-14-9-7-8-13(3)4/h13-14H,5-12H2,1-4H3. The molecule has 0 atom stereocenters. The summed E-state index contributed by atoms with van der Waals surface area (Å²) in [6.07, 6.45) is 3.93. The molecule has 0 aromatic carbocycles. The van der Waals surface area contributed by atoms with E-state index in [9.17, 15) is 0 Å². The predicted molar refractivity (Wildman–Crippen MR) is 69.3 cm³/mol. The van der Waals surface area contributed by atoms with Gasteiger partial charge in [-0.1, -0.05) is 27.7 Å². The van der Waals surface area contributed by atoms with E-state index >= 15 is 0 Å². The van der Waals surface area contributed by atoms with E-state index in [0.717, 1.165) is 12.5 Å². The van der Waals surface area contributed by atoms with Crippen LogP contribution in [-0.2, 0) is 0 Å². The third-order valence-electron chi connectivity index (χ3n) is 2.73. The van der Waals surface area contributed by atoms with Crippen molar-refractivity contribution in [3.05, 3.63) is 0 Å². The Kier molecular flexibility index (Phi) is 10.4. The molecule has 0 rings (SSSR count). The van der Waals surface area contributed by atoms with Crippen molar-refractivity contribution in [3.63, 3.8) is 0 Å². The van der Waals surface area contributed by atoms with E-state index in [2.05, 4.69) is 37.9 Å². The van der Waals surface area contributed by atoms with Crippen molar-refractivity contribution < 1.29 is 0 Å². The van der Waals surface area contributed by atoms with E-state index < -0.39 is 0 Å². The second-order valence-corrected chi connectivity index (χ2v) is 4.72. The summed E-state index contributed by atoms with van der Waals surface area (Å²) in [5.74, 6) is 0.846. The van der Waals surface area contributed by atoms with E-state index in [1.54, 1.807) is 0 Å². The molecule has 0 aliphatic rings. The Balaban J connectivity index is 3.21. The SMILES string of the molecule is CCCN(CC)CCNCCCC(C)C. The van der Waals surface area contributed by atoms with Crippen molar-refractivity contribution in [2.45, 2.75) is 47.0 Å². The third-order valence-corrected chi connectivity index (χ3v) is 2.73. The van der Waals surface area contributed by atoms with Gasteiger partial charge in [-0.2, -0.15) is 0 Å². The number of hydrogen-bond acceptors (Lipinski definition) is 2. The van der Waals surface area contributed by atoms with Gasteiger partial charge in [0.05, 0.1) is 0 Å². The smallest absolute Gasteiger partial charge is 0.0107 e. The topological polar surface area (TPSA) is 15.3 Å². The van der Waals surface area contributed by atoms with Gasteiger partial charge in [-0.3, -0.25) is 0 Å². The van der Waals surface area contributed by atoms with Crippen molar-refractivity contribution in [2.75, 3.05) is 32.7 Å². The number of nitrogens with one attached hydrogen (secondary N) is 1. The van der Waals surface area contributed by atoms with Crippen LogP contribution in [0, 0.1) is 5.92 Å². The van der Waals surface area contributed by atoms with Crippen LogP contribution in [0.4, 0.5) is 0 Å². The van der Waals surface area contributed by atoms with Gasteiger partial charge < -0.3 is 10.2 Å². The predicted octanol–water partition coefficient (Wildman–Crippen LogP) is 2.74. The van der Waals surface area contributed by atoms with Gasteiger partial charge >= 0.3 is 0 Å². The fraction of sp³-hybridized carbons (Fsp3) is 1.00. The maximum absolute atomic E-state index is 3.52. The van der Waals surface area contributed by atoms with Crippen LogP contribution in [0.5, 0.6) is 0 Å². The number of likely N-dealkylation sites (N-methyl/N-ethyl adjacent to an activating group) is 1. The first-order valence-corrected chi connectivity index (χ1v) is 6.63. The van der Waals surface area contributed by atoms with E-state index in [-0.39, 0.29) is 0 Å². The maximum atomic E-state index is 3.52. The van der Waals surface area contributed by atoms with Gasteiger partial charge in [0.2, 0.25) is 0 Å². The molecule has 0 unspecified atom stereocenters. The summed E-state index contributed by atoms with van der Waals surface area (Å²) in [6.45, 7) is 15.0. The summed E-state index contributed by atoms with van der Waals surface area (Å²) in [5.41, 5.74) is 0. The van der Waals surface area contributed by atoms with Crippen molar-refractivity contribution in [3.8, 4) is 0 Å². The molecule has 0 saturated carbocycles. The molecule has 15 heavy (non-hydrogen) atoms. The van der Waals surface area contributed by atoms with Crippen LogP contribution in [-0.4, -0.2) is 37.6 Å². The molecule has 0 aliphatic carbocycles. The van der Waals surface area contributed by atoms with Crippen molar-refractivity contribution in [1.29, 1.82) is 0 Å². The van der Waals surface area contributed by atoms with Gasteiger partial charge in [0, 0.05) is 13.1 Å². The molecular weight excluding hydrogens is 184 g/mol. The second kappa shape index (κ2) is 10.4. The Bertz CT molecular complexity index is 124. The highest BCUT2D eigenvalue weighted by molar-refractivity contribution is 4.57. The lowest BCUT2D eigenvalue weighted by Crippen LogP contribution is -2.33. The van der Waals surface area contributed by atoms with Gasteiger partial charge in [-0.05, 0) is 44.8 Å². The molecule has 0 spiro atoms. The zero-order chi connectivity index (χ0) is 11.5. The lowest BCUT2D eigenvalue weighted by molar-refractivity contribution is 0.287. The summed E-state index contributed by atoms with van der Waals surface area (Å²) in [5, 5.41) is 3.52. The van der Waals surface area contributed by atoms with Crippen LogP contribution in [0.2, 0.25) is 0 Å². The Morgan fingerprint density at radius 3 is 2.33 bits per heavy atom. The molecule has 0 radical (unpaired) electrons.